The SMILES string of the molecule is CCCOc1ccccc1NC1COC1. The lowest BCUT2D eigenvalue weighted by atomic mass is 10.2. The minimum absolute atomic E-state index is 0.441. The Kier molecular flexibility index (Phi) is 3.45. The van der Waals surface area contributed by atoms with Gasteiger partial charge in [-0.25, -0.2) is 0 Å². The van der Waals surface area contributed by atoms with Crippen LogP contribution >= 0.6 is 0 Å². The Labute approximate surface area is 90.4 Å². The molecule has 1 aliphatic heterocycles. The predicted octanol–water partition coefficient (Wildman–Crippen LogP) is 2.29. The molecule has 1 fully saturated rings. The maximum Gasteiger partial charge on any atom is 0.142 e. The summed E-state index contributed by atoms with van der Waals surface area (Å²) in [5.74, 6) is 0.936. The van der Waals surface area contributed by atoms with E-state index in [4.69, 9.17) is 9.47 Å². The van der Waals surface area contributed by atoms with Gasteiger partial charge in [0, 0.05) is 0 Å². The number of anilines is 1. The van der Waals surface area contributed by atoms with Crippen molar-refractivity contribution in [3.05, 3.63) is 24.3 Å². The number of ether oxygens (including phenoxy) is 2. The van der Waals surface area contributed by atoms with Crippen LogP contribution in [-0.2, 0) is 4.74 Å². The standard InChI is InChI=1S/C12H17NO2/c1-2-7-15-12-6-4-3-5-11(12)13-10-8-14-9-10/h3-6,10,13H,2,7-9H2,1H3. The van der Waals surface area contributed by atoms with Crippen molar-refractivity contribution in [1.29, 1.82) is 0 Å². The van der Waals surface area contributed by atoms with Crippen molar-refractivity contribution >= 4 is 5.69 Å². The molecule has 1 aromatic rings. The number of hydrogen-bond donors (Lipinski definition) is 1. The highest BCUT2D eigenvalue weighted by Gasteiger charge is 2.18. The van der Waals surface area contributed by atoms with Crippen LogP contribution in [0.2, 0.25) is 0 Å². The van der Waals surface area contributed by atoms with Crippen LogP contribution in [0.25, 0.3) is 0 Å². The van der Waals surface area contributed by atoms with E-state index >= 15 is 0 Å². The van der Waals surface area contributed by atoms with Crippen molar-refractivity contribution in [3.8, 4) is 5.75 Å². The molecule has 0 saturated carbocycles. The normalized spacial score (nSPS) is 15.8. The maximum atomic E-state index is 5.65. The van der Waals surface area contributed by atoms with E-state index in [1.54, 1.807) is 0 Å². The first kappa shape index (κ1) is 10.3. The fourth-order valence-electron chi connectivity index (χ4n) is 1.46. The Bertz CT molecular complexity index is 310. The zero-order chi connectivity index (χ0) is 10.5. The minimum Gasteiger partial charge on any atom is -0.491 e. The highest BCUT2D eigenvalue weighted by atomic mass is 16.5. The molecule has 0 aromatic heterocycles. The lowest BCUT2D eigenvalue weighted by Crippen LogP contribution is -2.40. The van der Waals surface area contributed by atoms with Gasteiger partial charge < -0.3 is 14.8 Å². The van der Waals surface area contributed by atoms with Crippen LogP contribution < -0.4 is 10.1 Å². The van der Waals surface area contributed by atoms with Gasteiger partial charge in [-0.05, 0) is 18.6 Å². The van der Waals surface area contributed by atoms with Gasteiger partial charge in [0.05, 0.1) is 31.5 Å². The van der Waals surface area contributed by atoms with Crippen molar-refractivity contribution in [1.82, 2.24) is 0 Å². The largest absolute Gasteiger partial charge is 0.491 e. The second-order valence-electron chi connectivity index (χ2n) is 3.72. The summed E-state index contributed by atoms with van der Waals surface area (Å²) < 4.78 is 10.8. The molecule has 0 amide bonds. The maximum absolute atomic E-state index is 5.65. The average Bonchev–Trinajstić information content (AvgIpc) is 2.22. The van der Waals surface area contributed by atoms with Gasteiger partial charge in [0.15, 0.2) is 0 Å². The molecule has 0 aliphatic carbocycles. The van der Waals surface area contributed by atoms with Gasteiger partial charge in [-0.2, -0.15) is 0 Å². The molecule has 82 valence electrons. The van der Waals surface area contributed by atoms with E-state index in [9.17, 15) is 0 Å². The summed E-state index contributed by atoms with van der Waals surface area (Å²) in [7, 11) is 0. The summed E-state index contributed by atoms with van der Waals surface area (Å²) in [5, 5.41) is 3.41. The fraction of sp³-hybridized carbons (Fsp3) is 0.500. The van der Waals surface area contributed by atoms with Gasteiger partial charge in [0.2, 0.25) is 0 Å². The Morgan fingerprint density at radius 2 is 2.20 bits per heavy atom. The van der Waals surface area contributed by atoms with Gasteiger partial charge in [-0.3, -0.25) is 0 Å². The lowest BCUT2D eigenvalue weighted by molar-refractivity contribution is 0.0210. The third-order valence-electron chi connectivity index (χ3n) is 2.35. The van der Waals surface area contributed by atoms with Gasteiger partial charge in [0.1, 0.15) is 5.75 Å². The Hall–Kier alpha value is -1.22. The van der Waals surface area contributed by atoms with E-state index in [1.807, 2.05) is 24.3 Å². The van der Waals surface area contributed by atoms with Crippen molar-refractivity contribution in [2.75, 3.05) is 25.1 Å². The van der Waals surface area contributed by atoms with Gasteiger partial charge in [0.25, 0.3) is 0 Å². The monoisotopic (exact) mass is 207 g/mol. The highest BCUT2D eigenvalue weighted by Crippen LogP contribution is 2.25. The summed E-state index contributed by atoms with van der Waals surface area (Å²) in [6.45, 7) is 4.46. The van der Waals surface area contributed by atoms with E-state index in [0.29, 0.717) is 6.04 Å². The number of rotatable bonds is 5. The summed E-state index contributed by atoms with van der Waals surface area (Å²) in [4.78, 5) is 0. The molecule has 1 aliphatic rings. The number of hydrogen-bond acceptors (Lipinski definition) is 3. The number of nitrogens with one attached hydrogen (secondary N) is 1. The van der Waals surface area contributed by atoms with Crippen LogP contribution in [-0.4, -0.2) is 25.9 Å². The zero-order valence-electron chi connectivity index (χ0n) is 9.03. The topological polar surface area (TPSA) is 30.5 Å². The molecule has 1 N–H and O–H groups in total. The Morgan fingerprint density at radius 1 is 1.40 bits per heavy atom. The van der Waals surface area contributed by atoms with Gasteiger partial charge >= 0.3 is 0 Å². The number of para-hydroxylation sites is 2. The Morgan fingerprint density at radius 3 is 2.87 bits per heavy atom. The summed E-state index contributed by atoms with van der Waals surface area (Å²) in [5.41, 5.74) is 1.07. The first-order valence-electron chi connectivity index (χ1n) is 5.46. The predicted molar refractivity (Wildman–Crippen MR) is 60.5 cm³/mol. The van der Waals surface area contributed by atoms with Crippen molar-refractivity contribution in [2.24, 2.45) is 0 Å². The highest BCUT2D eigenvalue weighted by molar-refractivity contribution is 5.56. The Balaban J connectivity index is 1.99. The van der Waals surface area contributed by atoms with E-state index in [2.05, 4.69) is 12.2 Å². The lowest BCUT2D eigenvalue weighted by Gasteiger charge is -2.28. The second-order valence-corrected chi connectivity index (χ2v) is 3.72. The minimum atomic E-state index is 0.441. The van der Waals surface area contributed by atoms with Crippen LogP contribution in [0.15, 0.2) is 24.3 Å². The third-order valence-corrected chi connectivity index (χ3v) is 2.35. The molecule has 0 unspecified atom stereocenters. The zero-order valence-corrected chi connectivity index (χ0v) is 9.03. The molecule has 1 saturated heterocycles. The smallest absolute Gasteiger partial charge is 0.142 e. The summed E-state index contributed by atoms with van der Waals surface area (Å²) >= 11 is 0. The van der Waals surface area contributed by atoms with Crippen molar-refractivity contribution in [2.45, 2.75) is 19.4 Å². The molecule has 0 spiro atoms. The first-order valence-corrected chi connectivity index (χ1v) is 5.46. The molecule has 3 heteroatoms. The van der Waals surface area contributed by atoms with E-state index in [0.717, 1.165) is 37.7 Å². The van der Waals surface area contributed by atoms with Crippen LogP contribution in [0.3, 0.4) is 0 Å². The molecule has 2 rings (SSSR count). The summed E-state index contributed by atoms with van der Waals surface area (Å²) in [6, 6.07) is 8.49. The van der Waals surface area contributed by atoms with E-state index in [1.165, 1.54) is 0 Å². The van der Waals surface area contributed by atoms with Crippen molar-refractivity contribution in [3.63, 3.8) is 0 Å². The van der Waals surface area contributed by atoms with Crippen LogP contribution in [0, 0.1) is 0 Å². The summed E-state index contributed by atoms with van der Waals surface area (Å²) in [6.07, 6.45) is 1.03. The van der Waals surface area contributed by atoms with E-state index < -0.39 is 0 Å². The molecule has 0 bridgehead atoms. The van der Waals surface area contributed by atoms with Crippen LogP contribution in [0.5, 0.6) is 5.75 Å². The fourth-order valence-corrected chi connectivity index (χ4v) is 1.46. The van der Waals surface area contributed by atoms with Crippen molar-refractivity contribution < 1.29 is 9.47 Å². The second kappa shape index (κ2) is 5.03. The molecule has 0 radical (unpaired) electrons. The molecule has 15 heavy (non-hydrogen) atoms. The number of benzene rings is 1. The molecule has 1 heterocycles. The van der Waals surface area contributed by atoms with Crippen LogP contribution in [0.1, 0.15) is 13.3 Å². The first-order chi connectivity index (χ1) is 7.40. The third kappa shape index (κ3) is 2.63. The molecular weight excluding hydrogens is 190 g/mol. The van der Waals surface area contributed by atoms with Crippen LogP contribution in [0.4, 0.5) is 5.69 Å². The molecule has 3 nitrogen and oxygen atoms in total. The van der Waals surface area contributed by atoms with Gasteiger partial charge in [-0.15, -0.1) is 0 Å². The molecule has 1 aromatic carbocycles. The molecule has 0 atom stereocenters. The quantitative estimate of drug-likeness (QED) is 0.803. The molecular formula is C12H17NO2. The van der Waals surface area contributed by atoms with E-state index in [-0.39, 0.29) is 0 Å². The average molecular weight is 207 g/mol. The van der Waals surface area contributed by atoms with Gasteiger partial charge in [-0.1, -0.05) is 19.1 Å².